The maximum absolute atomic E-state index is 8.11. The molecular weight excluding hydrogens is 105 g/mol. The average Bonchev–Trinajstić information content (AvgIpc) is 0.918. The van der Waals surface area contributed by atoms with Crippen molar-refractivity contribution in [3.8, 4) is 0 Å². The summed E-state index contributed by atoms with van der Waals surface area (Å²) in [6.07, 6.45) is 0. The van der Waals surface area contributed by atoms with Crippen LogP contribution in [0, 0.1) is 4.91 Å². The van der Waals surface area contributed by atoms with Gasteiger partial charge in [-0.15, -0.1) is 4.91 Å². The minimum absolute atomic E-state index is 0. The Kier molecular flexibility index (Phi) is 116. The fourth-order valence-corrected chi connectivity index (χ4v) is 0. The fraction of sp³-hybridized carbons (Fsp3) is 0. The molecule has 3 nitrogen and oxygen atoms in total. The molecule has 0 fully saturated rings. The van der Waals surface area contributed by atoms with E-state index in [0.29, 0.717) is 0 Å². The topological polar surface area (TPSA) is 49.7 Å². The first-order valence-electron chi connectivity index (χ1n) is 0.383. The van der Waals surface area contributed by atoms with Crippen molar-refractivity contribution in [2.75, 3.05) is 0 Å². The molecule has 0 aromatic heterocycles. The SMILES string of the molecule is B.O=NO.[Ti]. The largest absolute Gasteiger partial charge is 0.379 e. The van der Waals surface area contributed by atoms with Gasteiger partial charge in [0.1, 0.15) is 0 Å². The van der Waals surface area contributed by atoms with Gasteiger partial charge in [-0.2, -0.15) is 0 Å². The zero-order valence-corrected chi connectivity index (χ0v) is 3.36. The van der Waals surface area contributed by atoms with Crippen LogP contribution in [-0.2, 0) is 21.7 Å². The molecule has 0 aliphatic heterocycles. The van der Waals surface area contributed by atoms with E-state index in [1.165, 1.54) is 5.34 Å². The second-order valence-corrected chi connectivity index (χ2v) is 0.0816. The molecule has 1 N–H and O–H groups in total. The van der Waals surface area contributed by atoms with Crippen molar-refractivity contribution in [2.24, 2.45) is 5.34 Å². The molecule has 0 saturated heterocycles. The first-order chi connectivity index (χ1) is 1.41. The van der Waals surface area contributed by atoms with Crippen LogP contribution in [0.25, 0.3) is 0 Å². The molecule has 0 radical (unpaired) electrons. The Morgan fingerprint density at radius 1 is 1.60 bits per heavy atom. The van der Waals surface area contributed by atoms with Crippen molar-refractivity contribution in [3.05, 3.63) is 4.91 Å². The predicted molar refractivity (Wildman–Crippen MR) is 17.5 cm³/mol. The molecule has 0 saturated carbocycles. The minimum Gasteiger partial charge on any atom is -0.379 e. The van der Waals surface area contributed by atoms with Gasteiger partial charge in [-0.3, -0.25) is 0 Å². The maximum Gasteiger partial charge on any atom is 0.152 e. The number of rotatable bonds is 0. The smallest absolute Gasteiger partial charge is 0.152 e. The summed E-state index contributed by atoms with van der Waals surface area (Å²) in [4.78, 5) is 8.11. The van der Waals surface area contributed by atoms with Crippen LogP contribution in [-0.4, -0.2) is 13.6 Å². The first kappa shape index (κ1) is 19.0. The third-order valence-corrected chi connectivity index (χ3v) is 0. The van der Waals surface area contributed by atoms with Gasteiger partial charge in [0.25, 0.3) is 0 Å². The van der Waals surface area contributed by atoms with Crippen LogP contribution in [0.3, 0.4) is 0 Å². The van der Waals surface area contributed by atoms with Gasteiger partial charge in [0.15, 0.2) is 5.34 Å². The fourth-order valence-electron chi connectivity index (χ4n) is 0. The van der Waals surface area contributed by atoms with Gasteiger partial charge in [-0.25, -0.2) is 0 Å². The Morgan fingerprint density at radius 2 is 1.60 bits per heavy atom. The molecule has 0 unspecified atom stereocenters. The third kappa shape index (κ3) is 618. The molecule has 0 rings (SSSR count). The van der Waals surface area contributed by atoms with Gasteiger partial charge in [-0.05, 0) is 0 Å². The summed E-state index contributed by atoms with van der Waals surface area (Å²) in [5.41, 5.74) is 0. The molecular formula is H4BNO2Ti. The predicted octanol–water partition coefficient (Wildman–Crippen LogP) is -1.04. The van der Waals surface area contributed by atoms with E-state index >= 15 is 0 Å². The number of hydrogen-bond acceptors (Lipinski definition) is 2. The molecule has 28 valence electrons. The third-order valence-electron chi connectivity index (χ3n) is 0. The van der Waals surface area contributed by atoms with Crippen LogP contribution in [0.2, 0.25) is 0 Å². The van der Waals surface area contributed by atoms with Crippen molar-refractivity contribution >= 4 is 8.41 Å². The van der Waals surface area contributed by atoms with E-state index in [2.05, 4.69) is 0 Å². The Bertz CT molecular complexity index is 17.1. The van der Waals surface area contributed by atoms with Crippen LogP contribution in [0.1, 0.15) is 0 Å². The summed E-state index contributed by atoms with van der Waals surface area (Å²) < 4.78 is 0. The second-order valence-electron chi connectivity index (χ2n) is 0.0816. The van der Waals surface area contributed by atoms with Gasteiger partial charge in [0.2, 0.25) is 0 Å². The Hall–Kier alpha value is 0.179. The van der Waals surface area contributed by atoms with Gasteiger partial charge in [0, 0.05) is 21.7 Å². The zero-order chi connectivity index (χ0) is 2.71. The summed E-state index contributed by atoms with van der Waals surface area (Å²) in [6, 6.07) is 0. The van der Waals surface area contributed by atoms with Crippen molar-refractivity contribution in [1.29, 1.82) is 0 Å². The van der Waals surface area contributed by atoms with Crippen LogP contribution < -0.4 is 0 Å². The van der Waals surface area contributed by atoms with Crippen molar-refractivity contribution < 1.29 is 26.9 Å². The van der Waals surface area contributed by atoms with Crippen molar-refractivity contribution in [2.45, 2.75) is 0 Å². The molecule has 5 heavy (non-hydrogen) atoms. The van der Waals surface area contributed by atoms with E-state index < -0.39 is 0 Å². The molecule has 0 heterocycles. The van der Waals surface area contributed by atoms with Crippen LogP contribution in [0.5, 0.6) is 0 Å². The maximum atomic E-state index is 8.11. The minimum atomic E-state index is 0. The molecule has 0 aliphatic carbocycles. The Morgan fingerprint density at radius 3 is 1.60 bits per heavy atom. The quantitative estimate of drug-likeness (QED) is 0.245. The van der Waals surface area contributed by atoms with Crippen molar-refractivity contribution in [3.63, 3.8) is 0 Å². The van der Waals surface area contributed by atoms with E-state index in [1.807, 2.05) is 0 Å². The summed E-state index contributed by atoms with van der Waals surface area (Å²) in [5, 5.41) is 7.89. The van der Waals surface area contributed by atoms with Gasteiger partial charge in [0.05, 0.1) is 8.41 Å². The Balaban J connectivity index is -0.0000000200. The summed E-state index contributed by atoms with van der Waals surface area (Å²) in [6.45, 7) is 0. The van der Waals surface area contributed by atoms with Gasteiger partial charge < -0.3 is 5.21 Å². The van der Waals surface area contributed by atoms with Gasteiger partial charge >= 0.3 is 0 Å². The first-order valence-corrected chi connectivity index (χ1v) is 0.383. The molecule has 0 amide bonds. The van der Waals surface area contributed by atoms with E-state index in [0.717, 1.165) is 0 Å². The van der Waals surface area contributed by atoms with Crippen LogP contribution in [0.15, 0.2) is 5.34 Å². The normalized spacial score (nSPS) is 2.40. The van der Waals surface area contributed by atoms with Gasteiger partial charge in [-0.1, -0.05) is 0 Å². The second kappa shape index (κ2) is 30.4. The zero-order valence-electron chi connectivity index (χ0n) is 1.80. The molecule has 0 aromatic carbocycles. The Labute approximate surface area is 46.1 Å². The van der Waals surface area contributed by atoms with Crippen LogP contribution in [0.4, 0.5) is 0 Å². The standard InChI is InChI=1S/BH3.HNO2.Ti/c;2-1-3;/h1H3;(H,2,3);. The van der Waals surface area contributed by atoms with Crippen LogP contribution >= 0.6 is 0 Å². The monoisotopic (exact) mass is 109 g/mol. The van der Waals surface area contributed by atoms with E-state index in [-0.39, 0.29) is 30.1 Å². The molecule has 0 atom stereocenters. The summed E-state index contributed by atoms with van der Waals surface area (Å²) in [7, 11) is 0. The number of hydrogen-bond donors (Lipinski definition) is 1. The molecule has 0 aromatic rings. The van der Waals surface area contributed by atoms with E-state index in [4.69, 9.17) is 10.1 Å². The summed E-state index contributed by atoms with van der Waals surface area (Å²) in [5.74, 6) is 0. The average molecular weight is 109 g/mol. The molecule has 0 spiro atoms. The van der Waals surface area contributed by atoms with E-state index in [1.54, 1.807) is 0 Å². The molecule has 5 heteroatoms. The van der Waals surface area contributed by atoms with E-state index in [9.17, 15) is 0 Å². The number of nitrogens with zero attached hydrogens (tertiary/aromatic N) is 1. The summed E-state index contributed by atoms with van der Waals surface area (Å²) >= 11 is 0. The molecule has 0 bridgehead atoms. The molecule has 0 aliphatic rings. The van der Waals surface area contributed by atoms with Crippen molar-refractivity contribution in [1.82, 2.24) is 0 Å².